The van der Waals surface area contributed by atoms with E-state index in [1.165, 1.54) is 4.90 Å². The molecule has 1 atom stereocenters. The van der Waals surface area contributed by atoms with Gasteiger partial charge < -0.3 is 15.8 Å². The number of fused-ring (bicyclic) bond motifs is 1. The van der Waals surface area contributed by atoms with Crippen LogP contribution < -0.4 is 20.7 Å². The molecule has 0 aromatic heterocycles. The zero-order chi connectivity index (χ0) is 18.2. The number of benzene rings is 1. The highest BCUT2D eigenvalue weighted by atomic mass is 16.5. The maximum absolute atomic E-state index is 12.9. The van der Waals surface area contributed by atoms with Gasteiger partial charge in [-0.2, -0.15) is 0 Å². The fourth-order valence-electron chi connectivity index (χ4n) is 3.51. The van der Waals surface area contributed by atoms with Gasteiger partial charge in [0.2, 0.25) is 5.91 Å². The molecule has 6 heteroatoms. The van der Waals surface area contributed by atoms with Gasteiger partial charge >= 0.3 is 0 Å². The van der Waals surface area contributed by atoms with Gasteiger partial charge in [-0.15, -0.1) is 0 Å². The van der Waals surface area contributed by atoms with Gasteiger partial charge in [0.1, 0.15) is 12.3 Å². The summed E-state index contributed by atoms with van der Waals surface area (Å²) in [5, 5.41) is 3.04. The van der Waals surface area contributed by atoms with E-state index in [0.29, 0.717) is 11.4 Å². The first kappa shape index (κ1) is 17.7. The van der Waals surface area contributed by atoms with Crippen molar-refractivity contribution in [1.29, 1.82) is 0 Å². The smallest absolute Gasteiger partial charge is 0.271 e. The van der Waals surface area contributed by atoms with E-state index in [4.69, 9.17) is 10.5 Å². The van der Waals surface area contributed by atoms with Gasteiger partial charge in [0.15, 0.2) is 5.60 Å². The first-order valence-electron chi connectivity index (χ1n) is 8.98. The molecule has 0 bridgehead atoms. The number of anilines is 1. The van der Waals surface area contributed by atoms with Crippen molar-refractivity contribution in [2.75, 3.05) is 11.4 Å². The molecule has 3 N–H and O–H groups in total. The van der Waals surface area contributed by atoms with Crippen LogP contribution in [-0.4, -0.2) is 30.0 Å². The van der Waals surface area contributed by atoms with Crippen LogP contribution in [0.4, 0.5) is 5.69 Å². The van der Waals surface area contributed by atoms with E-state index in [0.717, 1.165) is 31.2 Å². The molecule has 1 aromatic carbocycles. The number of hydrogen-bond acceptors (Lipinski definition) is 4. The Hall–Kier alpha value is -2.08. The third-order valence-electron chi connectivity index (χ3n) is 4.95. The molecule has 0 radical (unpaired) electrons. The number of nitrogens with two attached hydrogens (primary N) is 1. The Kier molecular flexibility index (Phi) is 4.73. The Bertz CT molecular complexity index is 678. The lowest BCUT2D eigenvalue weighted by molar-refractivity contribution is -0.134. The molecule has 1 fully saturated rings. The molecule has 136 valence electrons. The number of amides is 2. The second kappa shape index (κ2) is 6.67. The SMILES string of the molecule is CC(N)c1ccc2c(c1)N(CC(=O)NC1CCCC1)C(=O)C(C)(C)O2. The molecular formula is C19H27N3O3. The summed E-state index contributed by atoms with van der Waals surface area (Å²) in [5.41, 5.74) is 6.47. The summed E-state index contributed by atoms with van der Waals surface area (Å²) < 4.78 is 5.85. The summed E-state index contributed by atoms with van der Waals surface area (Å²) in [4.78, 5) is 26.9. The topological polar surface area (TPSA) is 84.7 Å². The molecule has 1 aliphatic carbocycles. The predicted octanol–water partition coefficient (Wildman–Crippen LogP) is 2.27. The van der Waals surface area contributed by atoms with Crippen molar-refractivity contribution in [3.63, 3.8) is 0 Å². The number of carbonyl (C=O) groups excluding carboxylic acids is 2. The lowest BCUT2D eigenvalue weighted by Crippen LogP contribution is -2.55. The van der Waals surface area contributed by atoms with E-state index in [2.05, 4.69) is 5.32 Å². The number of nitrogens with one attached hydrogen (secondary N) is 1. The lowest BCUT2D eigenvalue weighted by atomic mass is 10.0. The average molecular weight is 345 g/mol. The third-order valence-corrected chi connectivity index (χ3v) is 4.95. The van der Waals surface area contributed by atoms with E-state index in [1.54, 1.807) is 13.8 Å². The Morgan fingerprint density at radius 1 is 1.40 bits per heavy atom. The molecule has 1 aromatic rings. The van der Waals surface area contributed by atoms with Crippen molar-refractivity contribution in [2.24, 2.45) is 5.73 Å². The van der Waals surface area contributed by atoms with Crippen molar-refractivity contribution in [3.05, 3.63) is 23.8 Å². The normalized spacial score (nSPS) is 20.8. The number of ether oxygens (including phenoxy) is 1. The summed E-state index contributed by atoms with van der Waals surface area (Å²) >= 11 is 0. The van der Waals surface area contributed by atoms with Crippen LogP contribution in [0.3, 0.4) is 0 Å². The molecule has 2 aliphatic rings. The molecule has 3 rings (SSSR count). The highest BCUT2D eigenvalue weighted by Gasteiger charge is 2.41. The van der Waals surface area contributed by atoms with E-state index in [-0.39, 0.29) is 30.4 Å². The molecule has 1 saturated carbocycles. The van der Waals surface area contributed by atoms with Crippen LogP contribution >= 0.6 is 0 Å². The minimum Gasteiger partial charge on any atom is -0.476 e. The third kappa shape index (κ3) is 3.63. The zero-order valence-corrected chi connectivity index (χ0v) is 15.2. The first-order chi connectivity index (χ1) is 11.8. The summed E-state index contributed by atoms with van der Waals surface area (Å²) in [7, 11) is 0. The van der Waals surface area contributed by atoms with Gasteiger partial charge in [-0.25, -0.2) is 0 Å². The fraction of sp³-hybridized carbons (Fsp3) is 0.579. The van der Waals surface area contributed by atoms with Crippen LogP contribution in [0.5, 0.6) is 5.75 Å². The lowest BCUT2D eigenvalue weighted by Gasteiger charge is -2.39. The molecule has 1 aliphatic heterocycles. The highest BCUT2D eigenvalue weighted by molar-refractivity contribution is 6.05. The summed E-state index contributed by atoms with van der Waals surface area (Å²) in [6.07, 6.45) is 4.32. The van der Waals surface area contributed by atoms with Crippen molar-refractivity contribution in [1.82, 2.24) is 5.32 Å². The molecule has 1 unspecified atom stereocenters. The quantitative estimate of drug-likeness (QED) is 0.877. The van der Waals surface area contributed by atoms with E-state index in [9.17, 15) is 9.59 Å². The van der Waals surface area contributed by atoms with Crippen molar-refractivity contribution < 1.29 is 14.3 Å². The zero-order valence-electron chi connectivity index (χ0n) is 15.2. The Morgan fingerprint density at radius 2 is 2.08 bits per heavy atom. The molecule has 0 saturated heterocycles. The molecular weight excluding hydrogens is 318 g/mol. The predicted molar refractivity (Wildman–Crippen MR) is 96.5 cm³/mol. The van der Waals surface area contributed by atoms with Crippen molar-refractivity contribution in [2.45, 2.75) is 64.1 Å². The minimum atomic E-state index is -1.00. The number of carbonyl (C=O) groups is 2. The van der Waals surface area contributed by atoms with E-state index in [1.807, 2.05) is 25.1 Å². The molecule has 25 heavy (non-hydrogen) atoms. The first-order valence-corrected chi connectivity index (χ1v) is 8.98. The summed E-state index contributed by atoms with van der Waals surface area (Å²) in [5.74, 6) is 0.251. The van der Waals surface area contributed by atoms with Gasteiger partial charge in [0.25, 0.3) is 5.91 Å². The van der Waals surface area contributed by atoms with E-state index >= 15 is 0 Å². The fourth-order valence-corrected chi connectivity index (χ4v) is 3.51. The van der Waals surface area contributed by atoms with Crippen LogP contribution in [0.25, 0.3) is 0 Å². The van der Waals surface area contributed by atoms with Gasteiger partial charge in [-0.05, 0) is 51.3 Å². The second-order valence-corrected chi connectivity index (χ2v) is 7.57. The number of hydrogen-bond donors (Lipinski definition) is 2. The largest absolute Gasteiger partial charge is 0.476 e. The van der Waals surface area contributed by atoms with Crippen LogP contribution in [0.15, 0.2) is 18.2 Å². The highest BCUT2D eigenvalue weighted by Crippen LogP contribution is 2.39. The summed E-state index contributed by atoms with van der Waals surface area (Å²) in [6, 6.07) is 5.63. The average Bonchev–Trinajstić information content (AvgIpc) is 3.04. The van der Waals surface area contributed by atoms with Crippen LogP contribution in [0, 0.1) is 0 Å². The Morgan fingerprint density at radius 3 is 2.72 bits per heavy atom. The van der Waals surface area contributed by atoms with Crippen molar-refractivity contribution in [3.8, 4) is 5.75 Å². The van der Waals surface area contributed by atoms with Gasteiger partial charge in [0.05, 0.1) is 5.69 Å². The second-order valence-electron chi connectivity index (χ2n) is 7.57. The molecule has 6 nitrogen and oxygen atoms in total. The van der Waals surface area contributed by atoms with Crippen LogP contribution in [0.1, 0.15) is 58.1 Å². The van der Waals surface area contributed by atoms with Gasteiger partial charge in [-0.3, -0.25) is 14.5 Å². The standard InChI is InChI=1S/C19H27N3O3/c1-12(20)13-8-9-16-15(10-13)22(18(24)19(2,3)25-16)11-17(23)21-14-6-4-5-7-14/h8-10,12,14H,4-7,11,20H2,1-3H3,(H,21,23). The Balaban J connectivity index is 1.86. The maximum Gasteiger partial charge on any atom is 0.271 e. The maximum atomic E-state index is 12.9. The monoisotopic (exact) mass is 345 g/mol. The minimum absolute atomic E-state index is 0.00245. The van der Waals surface area contributed by atoms with E-state index < -0.39 is 5.60 Å². The van der Waals surface area contributed by atoms with Gasteiger partial charge in [-0.1, -0.05) is 18.9 Å². The number of rotatable bonds is 4. The molecule has 1 heterocycles. The van der Waals surface area contributed by atoms with Crippen LogP contribution in [-0.2, 0) is 9.59 Å². The molecule has 0 spiro atoms. The van der Waals surface area contributed by atoms with Crippen molar-refractivity contribution >= 4 is 17.5 Å². The van der Waals surface area contributed by atoms with Gasteiger partial charge in [0, 0.05) is 12.1 Å². The Labute approximate surface area is 148 Å². The van der Waals surface area contributed by atoms with Crippen LogP contribution in [0.2, 0.25) is 0 Å². The summed E-state index contributed by atoms with van der Waals surface area (Å²) in [6.45, 7) is 5.32. The molecule has 2 amide bonds. The number of nitrogens with zero attached hydrogens (tertiary/aromatic N) is 1.